The largest absolute Gasteiger partial charge is 0.347 e. The van der Waals surface area contributed by atoms with Crippen molar-refractivity contribution in [1.82, 2.24) is 26.2 Å². The Labute approximate surface area is 318 Å². The van der Waals surface area contributed by atoms with E-state index < -0.39 is 67.3 Å². The van der Waals surface area contributed by atoms with Gasteiger partial charge in [0.05, 0.1) is 22.1 Å². The Morgan fingerprint density at radius 2 is 1.45 bits per heavy atom. The highest BCUT2D eigenvalue weighted by Crippen LogP contribution is 2.43. The lowest BCUT2D eigenvalue weighted by molar-refractivity contribution is -0.152. The monoisotopic (exact) mass is 763 g/mol. The molecule has 1 saturated heterocycles. The van der Waals surface area contributed by atoms with Gasteiger partial charge in [0.25, 0.3) is 5.91 Å². The van der Waals surface area contributed by atoms with Gasteiger partial charge in [-0.3, -0.25) is 19.2 Å². The normalized spacial score (nSPS) is 25.3. The van der Waals surface area contributed by atoms with Gasteiger partial charge >= 0.3 is 6.03 Å². The number of urea groups is 1. The van der Waals surface area contributed by atoms with Gasteiger partial charge in [0.2, 0.25) is 17.6 Å². The Bertz CT molecular complexity index is 1460. The maximum atomic E-state index is 15.0. The topological polar surface area (TPSA) is 171 Å². The lowest BCUT2D eigenvalue weighted by Crippen LogP contribution is -2.67. The van der Waals surface area contributed by atoms with Crippen LogP contribution in [0.25, 0.3) is 0 Å². The first-order valence-corrected chi connectivity index (χ1v) is 22.1. The van der Waals surface area contributed by atoms with Crippen LogP contribution in [0.4, 0.5) is 4.79 Å². The molecule has 5 amide bonds. The molecule has 4 fully saturated rings. The van der Waals surface area contributed by atoms with Crippen LogP contribution in [-0.4, -0.2) is 89.6 Å². The second kappa shape index (κ2) is 17.0. The summed E-state index contributed by atoms with van der Waals surface area (Å²) in [6.07, 6.45) is 11.6. The summed E-state index contributed by atoms with van der Waals surface area (Å²) in [6, 6.07) is -3.46. The third-order valence-corrected chi connectivity index (χ3v) is 15.7. The average Bonchev–Trinajstić information content (AvgIpc) is 3.89. The van der Waals surface area contributed by atoms with E-state index in [2.05, 4.69) is 42.0 Å². The molecule has 13 heteroatoms. The first kappa shape index (κ1) is 43.0. The van der Waals surface area contributed by atoms with Crippen molar-refractivity contribution in [3.8, 4) is 0 Å². The molecule has 0 aromatic heterocycles. The molecule has 0 spiro atoms. The molecule has 4 aliphatic rings. The summed E-state index contributed by atoms with van der Waals surface area (Å²) in [5, 5.41) is 11.8. The zero-order chi connectivity index (χ0) is 39.4. The van der Waals surface area contributed by atoms with Crippen LogP contribution in [0.2, 0.25) is 0 Å². The molecule has 0 radical (unpaired) electrons. The number of piperidine rings is 1. The number of carbonyl (C=O) groups is 5. The third-order valence-electron chi connectivity index (χ3n) is 12.9. The molecule has 53 heavy (non-hydrogen) atoms. The van der Waals surface area contributed by atoms with E-state index in [9.17, 15) is 27.6 Å². The van der Waals surface area contributed by atoms with Gasteiger partial charge in [-0.1, -0.05) is 86.0 Å². The van der Waals surface area contributed by atoms with Crippen LogP contribution in [0.15, 0.2) is 0 Å². The van der Waals surface area contributed by atoms with E-state index in [1.54, 1.807) is 25.7 Å². The second-order valence-corrected chi connectivity index (χ2v) is 21.6. The van der Waals surface area contributed by atoms with E-state index in [4.69, 9.17) is 0 Å². The van der Waals surface area contributed by atoms with Crippen molar-refractivity contribution in [3.63, 3.8) is 0 Å². The molecule has 3 saturated carbocycles. The number of rotatable bonds is 14. The fourth-order valence-corrected chi connectivity index (χ4v) is 9.94. The van der Waals surface area contributed by atoms with Crippen molar-refractivity contribution < 1.29 is 32.4 Å². The van der Waals surface area contributed by atoms with Crippen LogP contribution in [-0.2, 0) is 29.0 Å². The lowest BCUT2D eigenvalue weighted by Gasteiger charge is -2.50. The first-order valence-electron chi connectivity index (χ1n) is 20.4. The lowest BCUT2D eigenvalue weighted by atomic mass is 9.68. The SMILES string of the molecule is CCCC[C@H](NC(=O)[C@@H]1CC(C)(C)C(C)CN1C(=O)[C@@H](NC(=O)NC1(CS(=O)(=O)C(C)(C)C)CCCCC1)C1(C)CCCCC1)C(=O)C(=O)NC1CC1. The molecule has 3 aliphatic carbocycles. The van der Waals surface area contributed by atoms with E-state index in [0.717, 1.165) is 57.8 Å². The van der Waals surface area contributed by atoms with Crippen molar-refractivity contribution in [3.05, 3.63) is 0 Å². The fraction of sp³-hybridized carbons (Fsp3) is 0.875. The number of nitrogens with one attached hydrogen (secondary N) is 4. The molecule has 302 valence electrons. The van der Waals surface area contributed by atoms with E-state index in [1.807, 2.05) is 13.8 Å². The quantitative estimate of drug-likeness (QED) is 0.173. The van der Waals surface area contributed by atoms with Gasteiger partial charge in [-0.15, -0.1) is 0 Å². The second-order valence-electron chi connectivity index (χ2n) is 18.9. The van der Waals surface area contributed by atoms with Crippen molar-refractivity contribution in [2.45, 2.75) is 193 Å². The van der Waals surface area contributed by atoms with Crippen LogP contribution in [0.3, 0.4) is 0 Å². The highest BCUT2D eigenvalue weighted by atomic mass is 32.2. The number of hydrogen-bond donors (Lipinski definition) is 4. The van der Waals surface area contributed by atoms with E-state index >= 15 is 4.79 Å². The molecule has 1 unspecified atom stereocenters. The van der Waals surface area contributed by atoms with Gasteiger partial charge in [-0.2, -0.15) is 0 Å². The van der Waals surface area contributed by atoms with Crippen LogP contribution in [0, 0.1) is 16.7 Å². The summed E-state index contributed by atoms with van der Waals surface area (Å²) >= 11 is 0. The molecule has 1 heterocycles. The molecule has 0 aromatic rings. The van der Waals surface area contributed by atoms with Gasteiger partial charge in [0.1, 0.15) is 12.1 Å². The minimum Gasteiger partial charge on any atom is -0.347 e. The number of hydrogen-bond acceptors (Lipinski definition) is 7. The Morgan fingerprint density at radius 3 is 2.00 bits per heavy atom. The number of unbranched alkanes of at least 4 members (excludes halogenated alkanes) is 1. The number of likely N-dealkylation sites (tertiary alicyclic amines) is 1. The Morgan fingerprint density at radius 1 is 0.868 bits per heavy atom. The molecule has 12 nitrogen and oxygen atoms in total. The highest BCUT2D eigenvalue weighted by molar-refractivity contribution is 7.92. The Kier molecular flexibility index (Phi) is 13.8. The van der Waals surface area contributed by atoms with Crippen LogP contribution < -0.4 is 21.3 Å². The van der Waals surface area contributed by atoms with Crippen molar-refractivity contribution in [2.75, 3.05) is 12.3 Å². The maximum absolute atomic E-state index is 15.0. The summed E-state index contributed by atoms with van der Waals surface area (Å²) < 4.78 is 26.0. The summed E-state index contributed by atoms with van der Waals surface area (Å²) in [5.74, 6) is -2.33. The zero-order valence-corrected chi connectivity index (χ0v) is 34.6. The highest BCUT2D eigenvalue weighted by Gasteiger charge is 2.50. The third kappa shape index (κ3) is 10.7. The van der Waals surface area contributed by atoms with Gasteiger partial charge < -0.3 is 26.2 Å². The number of carbonyl (C=O) groups excluding carboxylic acids is 5. The Hall–Kier alpha value is -2.70. The van der Waals surface area contributed by atoms with Crippen LogP contribution in [0.5, 0.6) is 0 Å². The number of sulfone groups is 1. The zero-order valence-electron chi connectivity index (χ0n) is 33.8. The molecule has 1 aliphatic heterocycles. The van der Waals surface area contributed by atoms with Crippen LogP contribution in [0.1, 0.15) is 158 Å². The van der Waals surface area contributed by atoms with Crippen molar-refractivity contribution in [2.24, 2.45) is 16.7 Å². The summed E-state index contributed by atoms with van der Waals surface area (Å²) in [4.78, 5) is 71.3. The van der Waals surface area contributed by atoms with E-state index in [0.29, 0.717) is 44.9 Å². The molecule has 0 bridgehead atoms. The van der Waals surface area contributed by atoms with Crippen LogP contribution >= 0.6 is 0 Å². The van der Waals surface area contributed by atoms with Gasteiger partial charge in [-0.25, -0.2) is 13.2 Å². The summed E-state index contributed by atoms with van der Waals surface area (Å²) in [5.41, 5.74) is -1.86. The van der Waals surface area contributed by atoms with E-state index in [-0.39, 0.29) is 35.6 Å². The maximum Gasteiger partial charge on any atom is 0.315 e. The van der Waals surface area contributed by atoms with Crippen molar-refractivity contribution >= 4 is 39.4 Å². The summed E-state index contributed by atoms with van der Waals surface area (Å²) in [7, 11) is -3.57. The fourth-order valence-electron chi connectivity index (χ4n) is 8.41. The molecule has 4 atom stereocenters. The minimum absolute atomic E-state index is 0.00129. The molecule has 4 N–H and O–H groups in total. The molecule has 4 rings (SSSR count). The Balaban J connectivity index is 1.63. The molecule has 0 aromatic carbocycles. The number of amides is 5. The first-order chi connectivity index (χ1) is 24.6. The van der Waals surface area contributed by atoms with Gasteiger partial charge in [0, 0.05) is 12.6 Å². The number of Topliss-reactive ketones (excluding diaryl/α,β-unsaturated/α-hetero) is 1. The van der Waals surface area contributed by atoms with E-state index in [1.165, 1.54) is 0 Å². The standard InChI is InChI=1S/C40H69N5O7S/c1-9-10-17-29(31(46)34(48)41-28-18-19-28)42-33(47)30-24-38(6,7)27(2)25-45(30)35(49)32(39(8)20-13-11-14-21-39)43-36(50)44-40(22-15-12-16-23-40)26-53(51,52)37(3,4)5/h27-30,32H,9-26H2,1-8H3,(H,41,48)(H,42,47)(H2,43,44,50)/t27?,29-,30-,32+/m0/s1. The number of nitrogens with zero attached hydrogens (tertiary/aromatic N) is 1. The number of ketones is 1. The summed E-state index contributed by atoms with van der Waals surface area (Å²) in [6.45, 7) is 15.5. The minimum atomic E-state index is -3.57. The van der Waals surface area contributed by atoms with Gasteiger partial charge in [-0.05, 0) is 88.9 Å². The predicted octanol–water partition coefficient (Wildman–Crippen LogP) is 5.33. The smallest absolute Gasteiger partial charge is 0.315 e. The molecular formula is C40H69N5O7S. The predicted molar refractivity (Wildman–Crippen MR) is 207 cm³/mol. The van der Waals surface area contributed by atoms with Gasteiger partial charge in [0.15, 0.2) is 9.84 Å². The van der Waals surface area contributed by atoms with Crippen molar-refractivity contribution in [1.29, 1.82) is 0 Å². The molecular weight excluding hydrogens is 695 g/mol. The average molecular weight is 764 g/mol.